The zero-order valence-corrected chi connectivity index (χ0v) is 6.39. The number of carbonyl (C=O) groups is 1. The van der Waals surface area contributed by atoms with E-state index in [2.05, 4.69) is 0 Å². The third-order valence-electron chi connectivity index (χ3n) is 1.52. The molecular weight excluding hydrogens is 154 g/mol. The number of alkyl halides is 2. The van der Waals surface area contributed by atoms with Gasteiger partial charge in [0.1, 0.15) is 5.78 Å². The van der Waals surface area contributed by atoms with Gasteiger partial charge >= 0.3 is 0 Å². The predicted octanol–water partition coefficient (Wildman–Crippen LogP) is 1.23. The molecule has 0 aliphatic rings. The van der Waals surface area contributed by atoms with Gasteiger partial charge in [-0.1, -0.05) is 0 Å². The molecular formula is C7H12F2O2. The Labute approximate surface area is 64.2 Å². The van der Waals surface area contributed by atoms with Crippen molar-refractivity contribution in [2.24, 2.45) is 5.92 Å². The van der Waals surface area contributed by atoms with Crippen molar-refractivity contribution < 1.29 is 18.7 Å². The first-order valence-electron chi connectivity index (χ1n) is 3.47. The number of halogens is 2. The fourth-order valence-electron chi connectivity index (χ4n) is 0.858. The molecule has 0 bridgehead atoms. The van der Waals surface area contributed by atoms with Crippen molar-refractivity contribution in [3.8, 4) is 0 Å². The minimum absolute atomic E-state index is 0.139. The van der Waals surface area contributed by atoms with Gasteiger partial charge < -0.3 is 5.11 Å². The molecule has 0 aliphatic carbocycles. The van der Waals surface area contributed by atoms with Crippen molar-refractivity contribution >= 4 is 5.78 Å². The highest BCUT2D eigenvalue weighted by atomic mass is 19.3. The third kappa shape index (κ3) is 4.84. The molecule has 66 valence electrons. The first-order valence-corrected chi connectivity index (χ1v) is 3.47. The minimum atomic E-state index is -2.46. The SMILES string of the molecule is CC(=O)C(CCO)CC(F)F. The molecule has 2 nitrogen and oxygen atoms in total. The van der Waals surface area contributed by atoms with Crippen LogP contribution in [0.4, 0.5) is 8.78 Å². The number of carbonyl (C=O) groups excluding carboxylic acids is 1. The lowest BCUT2D eigenvalue weighted by atomic mass is 9.98. The Balaban J connectivity index is 3.79. The molecule has 1 atom stereocenters. The van der Waals surface area contributed by atoms with Gasteiger partial charge in [-0.05, 0) is 13.3 Å². The van der Waals surface area contributed by atoms with Crippen LogP contribution in [-0.2, 0) is 4.79 Å². The van der Waals surface area contributed by atoms with Gasteiger partial charge in [-0.3, -0.25) is 4.79 Å². The summed E-state index contributed by atoms with van der Waals surface area (Å²) in [6.45, 7) is 1.06. The number of hydrogen-bond acceptors (Lipinski definition) is 2. The molecule has 0 spiro atoms. The molecule has 0 radical (unpaired) electrons. The molecule has 0 heterocycles. The molecule has 11 heavy (non-hydrogen) atoms. The number of aliphatic hydroxyl groups is 1. The van der Waals surface area contributed by atoms with Crippen LogP contribution in [0.15, 0.2) is 0 Å². The third-order valence-corrected chi connectivity index (χ3v) is 1.52. The van der Waals surface area contributed by atoms with E-state index in [0.717, 1.165) is 0 Å². The number of Topliss-reactive ketones (excluding diaryl/α,β-unsaturated/α-hetero) is 1. The highest BCUT2D eigenvalue weighted by Crippen LogP contribution is 2.14. The second-order valence-corrected chi connectivity index (χ2v) is 2.45. The van der Waals surface area contributed by atoms with E-state index in [-0.39, 0.29) is 18.8 Å². The summed E-state index contributed by atoms with van der Waals surface area (Å²) in [7, 11) is 0. The molecule has 1 unspecified atom stereocenters. The predicted molar refractivity (Wildman–Crippen MR) is 36.5 cm³/mol. The Morgan fingerprint density at radius 3 is 2.36 bits per heavy atom. The molecule has 0 saturated carbocycles. The van der Waals surface area contributed by atoms with E-state index in [4.69, 9.17) is 5.11 Å². The highest BCUT2D eigenvalue weighted by molar-refractivity contribution is 5.78. The van der Waals surface area contributed by atoms with Crippen molar-refractivity contribution in [1.29, 1.82) is 0 Å². The molecule has 0 rings (SSSR count). The molecule has 0 aliphatic heterocycles. The molecule has 4 heteroatoms. The van der Waals surface area contributed by atoms with Crippen molar-refractivity contribution in [3.05, 3.63) is 0 Å². The maximum absolute atomic E-state index is 11.7. The number of rotatable bonds is 5. The fraction of sp³-hybridized carbons (Fsp3) is 0.857. The zero-order chi connectivity index (χ0) is 8.85. The summed E-state index contributed by atoms with van der Waals surface area (Å²) in [5.41, 5.74) is 0. The Kier molecular flexibility index (Phi) is 4.94. The standard InChI is InChI=1S/C7H12F2O2/c1-5(11)6(2-3-10)4-7(8)9/h6-7,10H,2-4H2,1H3. The monoisotopic (exact) mass is 166 g/mol. The summed E-state index contributed by atoms with van der Waals surface area (Å²) >= 11 is 0. The van der Waals surface area contributed by atoms with Gasteiger partial charge in [0.05, 0.1) is 0 Å². The molecule has 0 amide bonds. The van der Waals surface area contributed by atoms with E-state index in [1.54, 1.807) is 0 Å². The first kappa shape index (κ1) is 10.5. The van der Waals surface area contributed by atoms with Crippen LogP contribution < -0.4 is 0 Å². The van der Waals surface area contributed by atoms with Crippen LogP contribution >= 0.6 is 0 Å². The highest BCUT2D eigenvalue weighted by Gasteiger charge is 2.18. The average Bonchev–Trinajstić information content (AvgIpc) is 1.86. The van der Waals surface area contributed by atoms with Crippen LogP contribution in [0.2, 0.25) is 0 Å². The number of aliphatic hydroxyl groups excluding tert-OH is 1. The number of ketones is 1. The van der Waals surface area contributed by atoms with Crippen molar-refractivity contribution in [2.45, 2.75) is 26.2 Å². The van der Waals surface area contributed by atoms with E-state index < -0.39 is 18.8 Å². The van der Waals surface area contributed by atoms with Crippen molar-refractivity contribution in [1.82, 2.24) is 0 Å². The van der Waals surface area contributed by atoms with Gasteiger partial charge in [0, 0.05) is 18.9 Å². The zero-order valence-electron chi connectivity index (χ0n) is 6.39. The maximum atomic E-state index is 11.7. The average molecular weight is 166 g/mol. The summed E-state index contributed by atoms with van der Waals surface area (Å²) in [6.07, 6.45) is -2.76. The lowest BCUT2D eigenvalue weighted by molar-refractivity contribution is -0.122. The van der Waals surface area contributed by atoms with Crippen LogP contribution in [0.1, 0.15) is 19.8 Å². The van der Waals surface area contributed by atoms with Crippen molar-refractivity contribution in [3.63, 3.8) is 0 Å². The van der Waals surface area contributed by atoms with E-state index in [9.17, 15) is 13.6 Å². The normalized spacial score (nSPS) is 13.5. The van der Waals surface area contributed by atoms with Gasteiger partial charge in [0.15, 0.2) is 0 Å². The topological polar surface area (TPSA) is 37.3 Å². The maximum Gasteiger partial charge on any atom is 0.239 e. The summed E-state index contributed by atoms with van der Waals surface area (Å²) in [5.74, 6) is -0.959. The molecule has 0 aromatic rings. The van der Waals surface area contributed by atoms with E-state index in [0.29, 0.717) is 0 Å². The van der Waals surface area contributed by atoms with Gasteiger partial charge in [-0.2, -0.15) is 0 Å². The molecule has 0 aromatic heterocycles. The minimum Gasteiger partial charge on any atom is -0.396 e. The van der Waals surface area contributed by atoms with Crippen LogP contribution in [0.3, 0.4) is 0 Å². The van der Waals surface area contributed by atoms with Crippen LogP contribution in [0, 0.1) is 5.92 Å². The Hall–Kier alpha value is -0.510. The summed E-state index contributed by atoms with van der Waals surface area (Å²) in [6, 6.07) is 0. The molecule has 0 saturated heterocycles. The summed E-state index contributed by atoms with van der Waals surface area (Å²) < 4.78 is 23.5. The second-order valence-electron chi connectivity index (χ2n) is 2.45. The quantitative estimate of drug-likeness (QED) is 0.667. The molecule has 0 aromatic carbocycles. The van der Waals surface area contributed by atoms with Gasteiger partial charge in [-0.25, -0.2) is 8.78 Å². The largest absolute Gasteiger partial charge is 0.396 e. The van der Waals surface area contributed by atoms with Crippen LogP contribution in [0.25, 0.3) is 0 Å². The van der Waals surface area contributed by atoms with Gasteiger partial charge in [-0.15, -0.1) is 0 Å². The van der Waals surface area contributed by atoms with Gasteiger partial charge in [0.2, 0.25) is 6.43 Å². The second kappa shape index (κ2) is 5.18. The lowest BCUT2D eigenvalue weighted by Crippen LogP contribution is -2.15. The first-order chi connectivity index (χ1) is 5.07. The Morgan fingerprint density at radius 1 is 1.55 bits per heavy atom. The fourth-order valence-corrected chi connectivity index (χ4v) is 0.858. The lowest BCUT2D eigenvalue weighted by Gasteiger charge is -2.10. The van der Waals surface area contributed by atoms with E-state index in [1.807, 2.05) is 0 Å². The Bertz CT molecular complexity index is 126. The van der Waals surface area contributed by atoms with Crippen LogP contribution in [-0.4, -0.2) is 23.9 Å². The van der Waals surface area contributed by atoms with E-state index >= 15 is 0 Å². The Morgan fingerprint density at radius 2 is 2.09 bits per heavy atom. The number of hydrogen-bond donors (Lipinski definition) is 1. The van der Waals surface area contributed by atoms with Crippen LogP contribution in [0.5, 0.6) is 0 Å². The van der Waals surface area contributed by atoms with E-state index in [1.165, 1.54) is 6.92 Å². The summed E-state index contributed by atoms with van der Waals surface area (Å²) in [5, 5.41) is 8.40. The molecule has 0 fully saturated rings. The summed E-state index contributed by atoms with van der Waals surface area (Å²) in [4.78, 5) is 10.6. The van der Waals surface area contributed by atoms with Gasteiger partial charge in [0.25, 0.3) is 0 Å². The smallest absolute Gasteiger partial charge is 0.239 e. The molecule has 1 N–H and O–H groups in total. The van der Waals surface area contributed by atoms with Crippen molar-refractivity contribution in [2.75, 3.05) is 6.61 Å².